The van der Waals surface area contributed by atoms with Crippen LogP contribution in [0.4, 0.5) is 0 Å². The summed E-state index contributed by atoms with van der Waals surface area (Å²) < 4.78 is 34.8. The highest BCUT2D eigenvalue weighted by Gasteiger charge is 2.11. The predicted octanol–water partition coefficient (Wildman–Crippen LogP) is 1.80. The van der Waals surface area contributed by atoms with Gasteiger partial charge in [-0.3, -0.25) is 4.55 Å². The van der Waals surface area contributed by atoms with Crippen molar-refractivity contribution in [2.45, 2.75) is 6.92 Å². The molecule has 0 unspecified atom stereocenters. The van der Waals surface area contributed by atoms with Gasteiger partial charge in [0.05, 0.1) is 5.56 Å². The molecule has 0 aromatic heterocycles. The van der Waals surface area contributed by atoms with Crippen LogP contribution < -0.4 is 0 Å². The molecule has 0 bridgehead atoms. The van der Waals surface area contributed by atoms with Gasteiger partial charge >= 0.3 is 5.97 Å². The zero-order valence-corrected chi connectivity index (χ0v) is 11.4. The van der Waals surface area contributed by atoms with Crippen LogP contribution in [-0.2, 0) is 14.9 Å². The molecule has 0 fully saturated rings. The molecule has 0 aliphatic heterocycles. The second kappa shape index (κ2) is 5.61. The Morgan fingerprint density at radius 1 is 1.47 bits per heavy atom. The van der Waals surface area contributed by atoms with E-state index in [-0.39, 0.29) is 6.61 Å². The minimum absolute atomic E-state index is 0.334. The largest absolute Gasteiger partial charge is 0.461 e. The van der Waals surface area contributed by atoms with Crippen molar-refractivity contribution in [3.05, 3.63) is 33.8 Å². The molecule has 1 aromatic carbocycles. The second-order valence-electron chi connectivity index (χ2n) is 3.39. The van der Waals surface area contributed by atoms with E-state index in [9.17, 15) is 13.2 Å². The number of esters is 1. The molecule has 1 N–H and O–H groups in total. The van der Waals surface area contributed by atoms with Crippen LogP contribution in [0.15, 0.2) is 22.7 Å². The smallest absolute Gasteiger partial charge is 0.338 e. The van der Waals surface area contributed by atoms with Gasteiger partial charge in [0.1, 0.15) is 12.4 Å². The molecule has 1 aromatic rings. The minimum Gasteiger partial charge on any atom is -0.461 e. The number of halogens is 1. The fourth-order valence-corrected chi connectivity index (χ4v) is 1.64. The van der Waals surface area contributed by atoms with E-state index in [1.54, 1.807) is 18.2 Å². The van der Waals surface area contributed by atoms with Gasteiger partial charge in [0.15, 0.2) is 0 Å². The van der Waals surface area contributed by atoms with Gasteiger partial charge in [0.2, 0.25) is 0 Å². The molecule has 7 heteroatoms. The summed E-state index contributed by atoms with van der Waals surface area (Å²) in [7, 11) is -4.10. The van der Waals surface area contributed by atoms with Crippen LogP contribution in [0.1, 0.15) is 15.9 Å². The highest BCUT2D eigenvalue weighted by atomic mass is 79.9. The maximum Gasteiger partial charge on any atom is 0.338 e. The highest BCUT2D eigenvalue weighted by molar-refractivity contribution is 9.10. The molecule has 94 valence electrons. The summed E-state index contributed by atoms with van der Waals surface area (Å²) in [5.41, 5.74) is 1.20. The van der Waals surface area contributed by atoms with Gasteiger partial charge in [-0.05, 0) is 30.7 Å². The molecule has 0 heterocycles. The maximum atomic E-state index is 11.5. The second-order valence-corrected chi connectivity index (χ2v) is 5.81. The molecule has 0 saturated carbocycles. The van der Waals surface area contributed by atoms with Gasteiger partial charge in [-0.1, -0.05) is 15.9 Å². The summed E-state index contributed by atoms with van der Waals surface area (Å²) >= 11 is 3.29. The molecule has 0 saturated heterocycles. The summed E-state index contributed by atoms with van der Waals surface area (Å²) in [6, 6.07) is 4.89. The molecular weight excluding hydrogens is 312 g/mol. The van der Waals surface area contributed by atoms with Crippen LogP contribution in [0.3, 0.4) is 0 Å². The van der Waals surface area contributed by atoms with Gasteiger partial charge in [-0.2, -0.15) is 8.42 Å². The van der Waals surface area contributed by atoms with Crippen LogP contribution in [0.2, 0.25) is 0 Å². The van der Waals surface area contributed by atoms with Crippen molar-refractivity contribution in [1.29, 1.82) is 0 Å². The number of hydrogen-bond acceptors (Lipinski definition) is 4. The molecule has 5 nitrogen and oxygen atoms in total. The number of hydrogen-bond donors (Lipinski definition) is 1. The first-order valence-electron chi connectivity index (χ1n) is 4.68. The van der Waals surface area contributed by atoms with Crippen molar-refractivity contribution in [1.82, 2.24) is 0 Å². The average Bonchev–Trinajstić information content (AvgIpc) is 2.20. The molecule has 17 heavy (non-hydrogen) atoms. The van der Waals surface area contributed by atoms with Crippen molar-refractivity contribution in [3.63, 3.8) is 0 Å². The van der Waals surface area contributed by atoms with Crippen molar-refractivity contribution in [2.24, 2.45) is 0 Å². The Balaban J connectivity index is 2.61. The number of rotatable bonds is 4. The summed E-state index contributed by atoms with van der Waals surface area (Å²) in [6.07, 6.45) is 0. The Labute approximate surface area is 108 Å². The lowest BCUT2D eigenvalue weighted by molar-refractivity contribution is 0.0528. The predicted molar refractivity (Wildman–Crippen MR) is 65.6 cm³/mol. The van der Waals surface area contributed by atoms with Gasteiger partial charge in [-0.15, -0.1) is 0 Å². The van der Waals surface area contributed by atoms with Crippen LogP contribution in [0.5, 0.6) is 0 Å². The Hall–Kier alpha value is -0.920. The van der Waals surface area contributed by atoms with E-state index < -0.39 is 21.8 Å². The van der Waals surface area contributed by atoms with E-state index in [0.717, 1.165) is 10.0 Å². The lowest BCUT2D eigenvalue weighted by Gasteiger charge is -2.05. The summed E-state index contributed by atoms with van der Waals surface area (Å²) in [6.45, 7) is 1.45. The van der Waals surface area contributed by atoms with Crippen LogP contribution >= 0.6 is 15.9 Å². The highest BCUT2D eigenvalue weighted by Crippen LogP contribution is 2.17. The van der Waals surface area contributed by atoms with E-state index in [1.807, 2.05) is 6.92 Å². The van der Waals surface area contributed by atoms with Crippen molar-refractivity contribution >= 4 is 32.0 Å². The Bertz CT molecular complexity index is 523. The van der Waals surface area contributed by atoms with Gasteiger partial charge in [0, 0.05) is 4.47 Å². The van der Waals surface area contributed by atoms with E-state index in [1.165, 1.54) is 0 Å². The number of ether oxygens (including phenoxy) is 1. The normalized spacial score (nSPS) is 11.2. The topological polar surface area (TPSA) is 80.7 Å². The molecule has 0 aliphatic carbocycles. The first-order chi connectivity index (χ1) is 7.79. The number of aryl methyl sites for hydroxylation is 1. The fourth-order valence-electron chi connectivity index (χ4n) is 1.09. The van der Waals surface area contributed by atoms with Gasteiger partial charge in [-0.25, -0.2) is 4.79 Å². The van der Waals surface area contributed by atoms with E-state index >= 15 is 0 Å². The van der Waals surface area contributed by atoms with Crippen LogP contribution in [0.25, 0.3) is 0 Å². The van der Waals surface area contributed by atoms with Crippen molar-refractivity contribution < 1.29 is 22.5 Å². The standard InChI is InChI=1S/C10H11BrO5S/c1-7-6-8(2-3-9(7)11)10(12)16-4-5-17(13,14)15/h2-3,6H,4-5H2,1H3,(H,13,14,15). The summed E-state index contributed by atoms with van der Waals surface area (Å²) in [5, 5.41) is 0. The SMILES string of the molecule is Cc1cc(C(=O)OCCS(=O)(=O)O)ccc1Br. The first-order valence-corrected chi connectivity index (χ1v) is 7.08. The van der Waals surface area contributed by atoms with E-state index in [4.69, 9.17) is 9.29 Å². The molecule has 0 atom stereocenters. The van der Waals surface area contributed by atoms with Gasteiger partial charge in [0.25, 0.3) is 10.1 Å². The molecule has 1 rings (SSSR count). The maximum absolute atomic E-state index is 11.5. The van der Waals surface area contributed by atoms with Crippen molar-refractivity contribution in [2.75, 3.05) is 12.4 Å². The first kappa shape index (κ1) is 14.1. The number of carbonyl (C=O) groups is 1. The summed E-state index contributed by atoms with van der Waals surface area (Å²) in [5.74, 6) is -1.22. The average molecular weight is 323 g/mol. The lowest BCUT2D eigenvalue weighted by atomic mass is 10.1. The molecule has 0 aliphatic rings. The number of benzene rings is 1. The Morgan fingerprint density at radius 3 is 2.65 bits per heavy atom. The minimum atomic E-state index is -4.10. The Kier molecular flexibility index (Phi) is 4.67. The molecule has 0 amide bonds. The fraction of sp³-hybridized carbons (Fsp3) is 0.300. The van der Waals surface area contributed by atoms with Crippen LogP contribution in [0, 0.1) is 6.92 Å². The Morgan fingerprint density at radius 2 is 2.12 bits per heavy atom. The monoisotopic (exact) mass is 322 g/mol. The van der Waals surface area contributed by atoms with Gasteiger partial charge < -0.3 is 4.74 Å². The van der Waals surface area contributed by atoms with Crippen LogP contribution in [-0.4, -0.2) is 31.3 Å². The third-order valence-corrected chi connectivity index (χ3v) is 3.54. The quantitative estimate of drug-likeness (QED) is 0.675. The third kappa shape index (κ3) is 4.84. The molecular formula is C10H11BrO5S. The molecule has 0 spiro atoms. The third-order valence-electron chi connectivity index (χ3n) is 1.97. The van der Waals surface area contributed by atoms with E-state index in [0.29, 0.717) is 5.56 Å². The van der Waals surface area contributed by atoms with E-state index in [2.05, 4.69) is 15.9 Å². The lowest BCUT2D eigenvalue weighted by Crippen LogP contribution is -2.14. The summed E-state index contributed by atoms with van der Waals surface area (Å²) in [4.78, 5) is 11.5. The zero-order chi connectivity index (χ0) is 13.1. The zero-order valence-electron chi connectivity index (χ0n) is 9.01. The van der Waals surface area contributed by atoms with Crippen molar-refractivity contribution in [3.8, 4) is 0 Å². The molecule has 0 radical (unpaired) electrons. The number of carbonyl (C=O) groups excluding carboxylic acids is 1.